The second-order valence-corrected chi connectivity index (χ2v) is 4.11. The number of nitro groups is 1. The van der Waals surface area contributed by atoms with Gasteiger partial charge in [-0.25, -0.2) is 4.68 Å². The maximum Gasteiger partial charge on any atom is 0.269 e. The van der Waals surface area contributed by atoms with E-state index in [0.29, 0.717) is 5.92 Å². The van der Waals surface area contributed by atoms with Gasteiger partial charge in [0.25, 0.3) is 5.69 Å². The second-order valence-electron chi connectivity index (χ2n) is 4.11. The molecular formula is C12H13N3O2. The molecule has 0 bridgehead atoms. The normalized spacial score (nSPS) is 10.8. The van der Waals surface area contributed by atoms with Crippen LogP contribution in [0, 0.1) is 10.1 Å². The summed E-state index contributed by atoms with van der Waals surface area (Å²) in [5, 5.41) is 14.9. The van der Waals surface area contributed by atoms with Crippen LogP contribution < -0.4 is 0 Å². The molecule has 0 aliphatic carbocycles. The van der Waals surface area contributed by atoms with Crippen molar-refractivity contribution in [3.8, 4) is 5.69 Å². The molecule has 1 aromatic heterocycles. The van der Waals surface area contributed by atoms with Gasteiger partial charge in [0.05, 0.1) is 16.3 Å². The fourth-order valence-electron chi connectivity index (χ4n) is 1.52. The average Bonchev–Trinajstić information content (AvgIpc) is 2.78. The van der Waals surface area contributed by atoms with Gasteiger partial charge < -0.3 is 0 Å². The summed E-state index contributed by atoms with van der Waals surface area (Å²) < 4.78 is 1.72. The maximum absolute atomic E-state index is 10.5. The van der Waals surface area contributed by atoms with Crippen molar-refractivity contribution in [2.75, 3.05) is 0 Å². The van der Waals surface area contributed by atoms with Crippen LogP contribution in [0.5, 0.6) is 0 Å². The highest BCUT2D eigenvalue weighted by atomic mass is 16.6. The first-order valence-corrected chi connectivity index (χ1v) is 5.38. The van der Waals surface area contributed by atoms with Crippen LogP contribution in [0.1, 0.15) is 25.5 Å². The van der Waals surface area contributed by atoms with E-state index in [2.05, 4.69) is 18.9 Å². The van der Waals surface area contributed by atoms with Crippen LogP contribution >= 0.6 is 0 Å². The minimum Gasteiger partial charge on any atom is -0.258 e. The van der Waals surface area contributed by atoms with E-state index in [4.69, 9.17) is 0 Å². The largest absolute Gasteiger partial charge is 0.269 e. The van der Waals surface area contributed by atoms with Crippen molar-refractivity contribution in [1.82, 2.24) is 9.78 Å². The second kappa shape index (κ2) is 4.37. The number of hydrogen-bond donors (Lipinski definition) is 0. The predicted molar refractivity (Wildman–Crippen MR) is 64.3 cm³/mol. The third-order valence-electron chi connectivity index (χ3n) is 2.53. The molecule has 1 heterocycles. The molecule has 0 aliphatic rings. The Hall–Kier alpha value is -2.17. The number of rotatable bonds is 3. The third-order valence-corrected chi connectivity index (χ3v) is 2.53. The van der Waals surface area contributed by atoms with Crippen LogP contribution in [-0.2, 0) is 0 Å². The summed E-state index contributed by atoms with van der Waals surface area (Å²) in [5.41, 5.74) is 1.91. The van der Waals surface area contributed by atoms with E-state index in [9.17, 15) is 10.1 Å². The van der Waals surface area contributed by atoms with E-state index in [-0.39, 0.29) is 5.69 Å². The van der Waals surface area contributed by atoms with Gasteiger partial charge in [-0.05, 0) is 24.1 Å². The van der Waals surface area contributed by atoms with E-state index >= 15 is 0 Å². The Morgan fingerprint density at radius 1 is 1.24 bits per heavy atom. The van der Waals surface area contributed by atoms with Gasteiger partial charge in [0, 0.05) is 18.3 Å². The first kappa shape index (κ1) is 11.3. The molecule has 5 nitrogen and oxygen atoms in total. The first-order chi connectivity index (χ1) is 8.08. The summed E-state index contributed by atoms with van der Waals surface area (Å²) in [6, 6.07) is 8.29. The van der Waals surface area contributed by atoms with Crippen molar-refractivity contribution >= 4 is 5.69 Å². The van der Waals surface area contributed by atoms with Crippen LogP contribution in [0.15, 0.2) is 36.5 Å². The van der Waals surface area contributed by atoms with Gasteiger partial charge in [0.1, 0.15) is 0 Å². The zero-order valence-electron chi connectivity index (χ0n) is 9.70. The fraction of sp³-hybridized carbons (Fsp3) is 0.250. The molecule has 2 aromatic rings. The van der Waals surface area contributed by atoms with E-state index in [0.717, 1.165) is 11.4 Å². The highest BCUT2D eigenvalue weighted by Crippen LogP contribution is 2.17. The monoisotopic (exact) mass is 231 g/mol. The van der Waals surface area contributed by atoms with Gasteiger partial charge in [-0.3, -0.25) is 10.1 Å². The average molecular weight is 231 g/mol. The Kier molecular flexibility index (Phi) is 2.91. The van der Waals surface area contributed by atoms with Crippen LogP contribution in [0.4, 0.5) is 5.69 Å². The van der Waals surface area contributed by atoms with Crippen LogP contribution in [0.25, 0.3) is 5.69 Å². The van der Waals surface area contributed by atoms with Gasteiger partial charge in [0.15, 0.2) is 0 Å². The Bertz CT molecular complexity index is 529. The molecule has 0 radical (unpaired) electrons. The lowest BCUT2D eigenvalue weighted by Gasteiger charge is -2.01. The van der Waals surface area contributed by atoms with E-state index in [1.54, 1.807) is 16.8 Å². The fourth-order valence-corrected chi connectivity index (χ4v) is 1.52. The van der Waals surface area contributed by atoms with Gasteiger partial charge in [0.2, 0.25) is 0 Å². The minimum absolute atomic E-state index is 0.0880. The Morgan fingerprint density at radius 3 is 2.35 bits per heavy atom. The first-order valence-electron chi connectivity index (χ1n) is 5.38. The van der Waals surface area contributed by atoms with Gasteiger partial charge in [-0.1, -0.05) is 13.8 Å². The predicted octanol–water partition coefficient (Wildman–Crippen LogP) is 2.90. The molecular weight excluding hydrogens is 218 g/mol. The molecule has 0 spiro atoms. The SMILES string of the molecule is CC(C)c1ccn(-c2ccc([N+](=O)[O-])cc2)n1. The molecule has 0 saturated heterocycles. The quantitative estimate of drug-likeness (QED) is 0.602. The van der Waals surface area contributed by atoms with E-state index in [1.807, 2.05) is 12.3 Å². The lowest BCUT2D eigenvalue weighted by molar-refractivity contribution is -0.384. The van der Waals surface area contributed by atoms with Crippen molar-refractivity contribution in [2.45, 2.75) is 19.8 Å². The molecule has 0 amide bonds. The topological polar surface area (TPSA) is 61.0 Å². The summed E-state index contributed by atoms with van der Waals surface area (Å²) in [5.74, 6) is 0.370. The van der Waals surface area contributed by atoms with E-state index in [1.165, 1.54) is 12.1 Å². The lowest BCUT2D eigenvalue weighted by atomic mass is 10.1. The van der Waals surface area contributed by atoms with Crippen molar-refractivity contribution in [2.24, 2.45) is 0 Å². The molecule has 0 saturated carbocycles. The third kappa shape index (κ3) is 2.33. The number of nitro benzene ring substituents is 1. The summed E-state index contributed by atoms with van der Waals surface area (Å²) in [4.78, 5) is 10.1. The molecule has 0 atom stereocenters. The lowest BCUT2D eigenvalue weighted by Crippen LogP contribution is -1.97. The minimum atomic E-state index is -0.410. The number of hydrogen-bond acceptors (Lipinski definition) is 3. The Morgan fingerprint density at radius 2 is 1.88 bits per heavy atom. The zero-order chi connectivity index (χ0) is 12.4. The smallest absolute Gasteiger partial charge is 0.258 e. The number of nitrogens with zero attached hydrogens (tertiary/aromatic N) is 3. The summed E-state index contributed by atoms with van der Waals surface area (Å²) >= 11 is 0. The van der Waals surface area contributed by atoms with Crippen molar-refractivity contribution < 1.29 is 4.92 Å². The molecule has 88 valence electrons. The molecule has 0 unspecified atom stereocenters. The number of non-ortho nitro benzene ring substituents is 1. The summed E-state index contributed by atoms with van der Waals surface area (Å²) in [6.45, 7) is 4.14. The molecule has 0 N–H and O–H groups in total. The number of aromatic nitrogens is 2. The summed E-state index contributed by atoms with van der Waals surface area (Å²) in [6.07, 6.45) is 1.86. The zero-order valence-corrected chi connectivity index (χ0v) is 9.70. The van der Waals surface area contributed by atoms with Crippen molar-refractivity contribution in [1.29, 1.82) is 0 Å². The highest BCUT2D eigenvalue weighted by molar-refractivity contribution is 5.40. The number of benzene rings is 1. The Labute approximate surface area is 98.8 Å². The molecule has 0 fully saturated rings. The van der Waals surface area contributed by atoms with Crippen LogP contribution in [-0.4, -0.2) is 14.7 Å². The molecule has 0 aliphatic heterocycles. The van der Waals surface area contributed by atoms with Crippen molar-refractivity contribution in [3.05, 3.63) is 52.3 Å². The summed E-state index contributed by atoms with van der Waals surface area (Å²) in [7, 11) is 0. The van der Waals surface area contributed by atoms with Gasteiger partial charge in [-0.15, -0.1) is 0 Å². The molecule has 1 aromatic carbocycles. The Balaban J connectivity index is 2.30. The van der Waals surface area contributed by atoms with Crippen LogP contribution in [0.2, 0.25) is 0 Å². The molecule has 2 rings (SSSR count). The van der Waals surface area contributed by atoms with Crippen LogP contribution in [0.3, 0.4) is 0 Å². The molecule has 17 heavy (non-hydrogen) atoms. The molecule has 5 heteroatoms. The van der Waals surface area contributed by atoms with E-state index < -0.39 is 4.92 Å². The van der Waals surface area contributed by atoms with Crippen molar-refractivity contribution in [3.63, 3.8) is 0 Å². The van der Waals surface area contributed by atoms with Gasteiger partial charge >= 0.3 is 0 Å². The van der Waals surface area contributed by atoms with Gasteiger partial charge in [-0.2, -0.15) is 5.10 Å². The standard InChI is InChI=1S/C12H13N3O2/c1-9(2)12-7-8-14(13-12)10-3-5-11(6-4-10)15(16)17/h3-9H,1-2H3. The highest BCUT2D eigenvalue weighted by Gasteiger charge is 2.07. The maximum atomic E-state index is 10.5.